The fourth-order valence-electron chi connectivity index (χ4n) is 1.87. The molecule has 0 fully saturated rings. The first kappa shape index (κ1) is 17.5. The normalized spacial score (nSPS) is 9.95. The van der Waals surface area contributed by atoms with Gasteiger partial charge in [-0.2, -0.15) is 0 Å². The molecule has 0 radical (unpaired) electrons. The van der Waals surface area contributed by atoms with Gasteiger partial charge < -0.3 is 15.1 Å². The lowest BCUT2D eigenvalue weighted by Gasteiger charge is -2.22. The van der Waals surface area contributed by atoms with E-state index >= 15 is 0 Å². The van der Waals surface area contributed by atoms with Crippen molar-refractivity contribution in [2.45, 2.75) is 6.42 Å². The van der Waals surface area contributed by atoms with E-state index < -0.39 is 0 Å². The quantitative estimate of drug-likeness (QED) is 0.500. The average Bonchev–Trinajstić information content (AvgIpc) is 2.41. The van der Waals surface area contributed by atoms with Crippen molar-refractivity contribution in [1.29, 1.82) is 0 Å². The molecular formula is C15H23BrN4O. The van der Waals surface area contributed by atoms with E-state index in [9.17, 15) is 4.79 Å². The topological polar surface area (TPSA) is 47.9 Å². The summed E-state index contributed by atoms with van der Waals surface area (Å²) in [6.45, 7) is 1.30. The zero-order valence-electron chi connectivity index (χ0n) is 13.1. The van der Waals surface area contributed by atoms with Gasteiger partial charge in [0.15, 0.2) is 5.96 Å². The van der Waals surface area contributed by atoms with Gasteiger partial charge in [-0.1, -0.05) is 22.0 Å². The third-order valence-corrected chi connectivity index (χ3v) is 3.25. The second kappa shape index (κ2) is 8.67. The molecule has 1 aromatic carbocycles. The second-order valence-electron chi connectivity index (χ2n) is 5.09. The molecule has 0 saturated carbocycles. The van der Waals surface area contributed by atoms with E-state index in [-0.39, 0.29) is 5.91 Å². The summed E-state index contributed by atoms with van der Waals surface area (Å²) < 4.78 is 0.904. The van der Waals surface area contributed by atoms with Crippen LogP contribution in [0.5, 0.6) is 0 Å². The molecule has 1 rings (SSSR count). The van der Waals surface area contributed by atoms with E-state index in [0.717, 1.165) is 16.9 Å². The van der Waals surface area contributed by atoms with Crippen LogP contribution in [0.25, 0.3) is 0 Å². The van der Waals surface area contributed by atoms with E-state index in [4.69, 9.17) is 0 Å². The van der Waals surface area contributed by atoms with Crippen LogP contribution >= 0.6 is 15.9 Å². The molecule has 0 unspecified atom stereocenters. The molecule has 1 N–H and O–H groups in total. The standard InChI is InChI=1S/C15H23BrN4O/c1-19(2)15(20(3)4)18-10-6-9-17-14(21)12-7-5-8-13(16)11-12/h5,7-8,11H,6,9-10H2,1-4H3,(H,17,21). The summed E-state index contributed by atoms with van der Waals surface area (Å²) >= 11 is 3.36. The molecule has 5 nitrogen and oxygen atoms in total. The summed E-state index contributed by atoms with van der Waals surface area (Å²) in [5.41, 5.74) is 0.662. The predicted octanol–water partition coefficient (Wildman–Crippen LogP) is 2.05. The number of rotatable bonds is 5. The summed E-state index contributed by atoms with van der Waals surface area (Å²) in [5.74, 6) is 0.869. The van der Waals surface area contributed by atoms with Crippen molar-refractivity contribution < 1.29 is 4.79 Å². The number of hydrogen-bond donors (Lipinski definition) is 1. The average molecular weight is 355 g/mol. The summed E-state index contributed by atoms with van der Waals surface area (Å²) in [6.07, 6.45) is 0.810. The Morgan fingerprint density at radius 1 is 1.24 bits per heavy atom. The number of nitrogens with zero attached hydrogens (tertiary/aromatic N) is 3. The van der Waals surface area contributed by atoms with Crippen LogP contribution in [0, 0.1) is 0 Å². The number of carbonyl (C=O) groups excluding carboxylic acids is 1. The van der Waals surface area contributed by atoms with Crippen LogP contribution < -0.4 is 5.32 Å². The summed E-state index contributed by atoms with van der Waals surface area (Å²) in [4.78, 5) is 20.4. The van der Waals surface area contributed by atoms with Gasteiger partial charge in [-0.05, 0) is 24.6 Å². The van der Waals surface area contributed by atoms with Gasteiger partial charge in [-0.3, -0.25) is 9.79 Å². The van der Waals surface area contributed by atoms with E-state index in [1.54, 1.807) is 6.07 Å². The number of amides is 1. The second-order valence-corrected chi connectivity index (χ2v) is 6.01. The fraction of sp³-hybridized carbons (Fsp3) is 0.467. The number of halogens is 1. The van der Waals surface area contributed by atoms with Crippen molar-refractivity contribution in [2.75, 3.05) is 41.3 Å². The molecule has 0 heterocycles. The van der Waals surface area contributed by atoms with E-state index in [2.05, 4.69) is 26.2 Å². The molecule has 0 atom stereocenters. The van der Waals surface area contributed by atoms with Gasteiger partial charge in [0.2, 0.25) is 0 Å². The molecule has 0 bridgehead atoms. The van der Waals surface area contributed by atoms with Crippen molar-refractivity contribution in [1.82, 2.24) is 15.1 Å². The monoisotopic (exact) mass is 354 g/mol. The Labute approximate surface area is 135 Å². The molecule has 0 saturated heterocycles. The molecule has 1 amide bonds. The van der Waals surface area contributed by atoms with E-state index in [1.165, 1.54) is 0 Å². The van der Waals surface area contributed by atoms with Gasteiger partial charge in [-0.25, -0.2) is 0 Å². The number of carbonyl (C=O) groups is 1. The lowest BCUT2D eigenvalue weighted by atomic mass is 10.2. The fourth-order valence-corrected chi connectivity index (χ4v) is 2.27. The van der Waals surface area contributed by atoms with Crippen LogP contribution in [0.3, 0.4) is 0 Å². The molecule has 0 aliphatic rings. The highest BCUT2D eigenvalue weighted by Gasteiger charge is 2.05. The van der Waals surface area contributed by atoms with Crippen LogP contribution in [0.1, 0.15) is 16.8 Å². The zero-order chi connectivity index (χ0) is 15.8. The Balaban J connectivity index is 2.37. The van der Waals surface area contributed by atoms with Crippen molar-refractivity contribution in [3.05, 3.63) is 34.3 Å². The van der Waals surface area contributed by atoms with Crippen molar-refractivity contribution in [3.8, 4) is 0 Å². The Hall–Kier alpha value is -1.56. The number of hydrogen-bond acceptors (Lipinski definition) is 2. The maximum atomic E-state index is 11.9. The highest BCUT2D eigenvalue weighted by molar-refractivity contribution is 9.10. The summed E-state index contributed by atoms with van der Waals surface area (Å²) in [6, 6.07) is 7.36. The lowest BCUT2D eigenvalue weighted by Crippen LogP contribution is -2.35. The molecule has 0 aliphatic heterocycles. The first-order chi connectivity index (χ1) is 9.91. The van der Waals surface area contributed by atoms with E-state index in [1.807, 2.05) is 56.2 Å². The minimum atomic E-state index is -0.0549. The Morgan fingerprint density at radius 3 is 2.48 bits per heavy atom. The number of benzene rings is 1. The minimum absolute atomic E-state index is 0.0549. The number of guanidine groups is 1. The van der Waals surface area contributed by atoms with E-state index in [0.29, 0.717) is 18.7 Å². The van der Waals surface area contributed by atoms with Gasteiger partial charge in [-0.15, -0.1) is 0 Å². The van der Waals surface area contributed by atoms with Crippen LogP contribution in [0.2, 0.25) is 0 Å². The molecule has 116 valence electrons. The summed E-state index contributed by atoms with van der Waals surface area (Å²) in [7, 11) is 7.86. The number of aliphatic imine (C=N–C) groups is 1. The highest BCUT2D eigenvalue weighted by Crippen LogP contribution is 2.11. The Bertz CT molecular complexity index is 490. The largest absolute Gasteiger partial charge is 0.352 e. The summed E-state index contributed by atoms with van der Waals surface area (Å²) in [5, 5.41) is 2.90. The third kappa shape index (κ3) is 6.16. The van der Waals surface area contributed by atoms with Crippen molar-refractivity contribution in [2.24, 2.45) is 4.99 Å². The third-order valence-electron chi connectivity index (χ3n) is 2.76. The van der Waals surface area contributed by atoms with Crippen molar-refractivity contribution in [3.63, 3.8) is 0 Å². The van der Waals surface area contributed by atoms with Gasteiger partial charge in [0.25, 0.3) is 5.91 Å². The van der Waals surface area contributed by atoms with Gasteiger partial charge in [0, 0.05) is 51.3 Å². The molecule has 21 heavy (non-hydrogen) atoms. The molecule has 0 aliphatic carbocycles. The van der Waals surface area contributed by atoms with Gasteiger partial charge in [0.1, 0.15) is 0 Å². The van der Waals surface area contributed by atoms with Gasteiger partial charge in [0.05, 0.1) is 0 Å². The first-order valence-electron chi connectivity index (χ1n) is 6.84. The molecule has 6 heteroatoms. The molecule has 0 spiro atoms. The number of nitrogens with one attached hydrogen (secondary N) is 1. The molecular weight excluding hydrogens is 332 g/mol. The minimum Gasteiger partial charge on any atom is -0.352 e. The Kier molecular flexibility index (Phi) is 7.22. The van der Waals surface area contributed by atoms with Crippen molar-refractivity contribution >= 4 is 27.8 Å². The zero-order valence-corrected chi connectivity index (χ0v) is 14.6. The van der Waals surface area contributed by atoms with Crippen LogP contribution in [0.15, 0.2) is 33.7 Å². The molecule has 0 aromatic heterocycles. The smallest absolute Gasteiger partial charge is 0.251 e. The van der Waals surface area contributed by atoms with Crippen LogP contribution in [-0.4, -0.2) is 62.9 Å². The lowest BCUT2D eigenvalue weighted by molar-refractivity contribution is 0.0953. The van der Waals surface area contributed by atoms with Gasteiger partial charge >= 0.3 is 0 Å². The highest BCUT2D eigenvalue weighted by atomic mass is 79.9. The maximum absolute atomic E-state index is 11.9. The molecule has 1 aromatic rings. The van der Waals surface area contributed by atoms with Crippen LogP contribution in [-0.2, 0) is 0 Å². The first-order valence-corrected chi connectivity index (χ1v) is 7.64. The predicted molar refractivity (Wildman–Crippen MR) is 90.8 cm³/mol. The Morgan fingerprint density at radius 2 is 1.90 bits per heavy atom. The van der Waals surface area contributed by atoms with Crippen LogP contribution in [0.4, 0.5) is 0 Å². The SMILES string of the molecule is CN(C)C(=NCCCNC(=O)c1cccc(Br)c1)N(C)C. The maximum Gasteiger partial charge on any atom is 0.251 e.